The van der Waals surface area contributed by atoms with E-state index in [-0.39, 0.29) is 5.82 Å². The molecule has 1 unspecified atom stereocenters. The van der Waals surface area contributed by atoms with Gasteiger partial charge in [-0.05, 0) is 30.7 Å². The molecule has 0 saturated carbocycles. The Morgan fingerprint density at radius 3 is 2.38 bits per heavy atom. The first-order valence-corrected chi connectivity index (χ1v) is 7.37. The van der Waals surface area contributed by atoms with Crippen molar-refractivity contribution in [1.29, 1.82) is 0 Å². The zero-order valence-corrected chi connectivity index (χ0v) is 13.5. The van der Waals surface area contributed by atoms with E-state index in [0.29, 0.717) is 17.9 Å². The molecule has 112 valence electrons. The third kappa shape index (κ3) is 3.54. The van der Waals surface area contributed by atoms with Crippen LogP contribution in [-0.2, 0) is 0 Å². The standard InChI is InChI=1S/C16H17BrFNO2/c1-3-21-11-5-6-12(14(17)8-11)16(19)13-7-4-10(20-2)9-15(13)18/h4-9,16H,3,19H2,1-2H3. The first-order chi connectivity index (χ1) is 10.1. The number of hydrogen-bond donors (Lipinski definition) is 1. The van der Waals surface area contributed by atoms with E-state index in [1.54, 1.807) is 12.1 Å². The van der Waals surface area contributed by atoms with Crippen LogP contribution in [0.25, 0.3) is 0 Å². The monoisotopic (exact) mass is 353 g/mol. The Kier molecular flexibility index (Phi) is 5.20. The van der Waals surface area contributed by atoms with Crippen molar-refractivity contribution in [2.24, 2.45) is 5.73 Å². The highest BCUT2D eigenvalue weighted by Gasteiger charge is 2.17. The molecule has 0 radical (unpaired) electrons. The lowest BCUT2D eigenvalue weighted by Crippen LogP contribution is -2.14. The van der Waals surface area contributed by atoms with E-state index < -0.39 is 6.04 Å². The molecule has 0 aliphatic carbocycles. The van der Waals surface area contributed by atoms with Crippen LogP contribution in [0.4, 0.5) is 4.39 Å². The normalized spacial score (nSPS) is 12.0. The van der Waals surface area contributed by atoms with E-state index in [9.17, 15) is 4.39 Å². The highest BCUT2D eigenvalue weighted by atomic mass is 79.9. The van der Waals surface area contributed by atoms with Gasteiger partial charge in [0.05, 0.1) is 19.8 Å². The van der Waals surface area contributed by atoms with Gasteiger partial charge in [0.15, 0.2) is 0 Å². The molecule has 21 heavy (non-hydrogen) atoms. The zero-order valence-electron chi connectivity index (χ0n) is 11.9. The maximum absolute atomic E-state index is 14.1. The molecule has 0 saturated heterocycles. The topological polar surface area (TPSA) is 44.5 Å². The SMILES string of the molecule is CCOc1ccc(C(N)c2ccc(OC)cc2F)c(Br)c1. The number of benzene rings is 2. The van der Waals surface area contributed by atoms with Crippen LogP contribution in [0.3, 0.4) is 0 Å². The second-order valence-corrected chi connectivity index (χ2v) is 5.34. The van der Waals surface area contributed by atoms with Crippen molar-refractivity contribution >= 4 is 15.9 Å². The van der Waals surface area contributed by atoms with E-state index in [0.717, 1.165) is 15.8 Å². The van der Waals surface area contributed by atoms with Gasteiger partial charge in [0.2, 0.25) is 0 Å². The lowest BCUT2D eigenvalue weighted by atomic mass is 9.99. The third-order valence-electron chi connectivity index (χ3n) is 3.16. The second-order valence-electron chi connectivity index (χ2n) is 4.48. The van der Waals surface area contributed by atoms with Gasteiger partial charge in [0.1, 0.15) is 17.3 Å². The molecule has 2 N–H and O–H groups in total. The molecule has 0 aromatic heterocycles. The van der Waals surface area contributed by atoms with Gasteiger partial charge in [0.25, 0.3) is 0 Å². The quantitative estimate of drug-likeness (QED) is 0.881. The van der Waals surface area contributed by atoms with Crippen molar-refractivity contribution in [2.45, 2.75) is 13.0 Å². The van der Waals surface area contributed by atoms with Crippen LogP contribution in [0, 0.1) is 5.82 Å². The summed E-state index contributed by atoms with van der Waals surface area (Å²) in [4.78, 5) is 0. The fourth-order valence-corrected chi connectivity index (χ4v) is 2.68. The molecule has 0 spiro atoms. The predicted octanol–water partition coefficient (Wildman–Crippen LogP) is 4.04. The van der Waals surface area contributed by atoms with Crippen LogP contribution in [0.2, 0.25) is 0 Å². The van der Waals surface area contributed by atoms with E-state index in [2.05, 4.69) is 15.9 Å². The highest BCUT2D eigenvalue weighted by Crippen LogP contribution is 2.32. The summed E-state index contributed by atoms with van der Waals surface area (Å²) in [7, 11) is 1.50. The van der Waals surface area contributed by atoms with E-state index in [1.165, 1.54) is 13.2 Å². The summed E-state index contributed by atoms with van der Waals surface area (Å²) < 4.78 is 25.3. The minimum absolute atomic E-state index is 0.386. The average molecular weight is 354 g/mol. The Bertz CT molecular complexity index is 634. The molecular formula is C16H17BrFNO2. The molecule has 0 aliphatic heterocycles. The molecule has 2 rings (SSSR count). The number of rotatable bonds is 5. The molecule has 3 nitrogen and oxygen atoms in total. The molecule has 0 fully saturated rings. The Balaban J connectivity index is 2.33. The maximum Gasteiger partial charge on any atom is 0.132 e. The summed E-state index contributed by atoms with van der Waals surface area (Å²) in [5.41, 5.74) is 7.39. The Labute approximate surface area is 132 Å². The second kappa shape index (κ2) is 6.91. The van der Waals surface area contributed by atoms with E-state index >= 15 is 0 Å². The molecule has 0 amide bonds. The minimum Gasteiger partial charge on any atom is -0.497 e. The van der Waals surface area contributed by atoms with Gasteiger partial charge in [-0.2, -0.15) is 0 Å². The molecular weight excluding hydrogens is 337 g/mol. The first-order valence-electron chi connectivity index (χ1n) is 6.58. The summed E-state index contributed by atoms with van der Waals surface area (Å²) in [5.74, 6) is 0.826. The van der Waals surface area contributed by atoms with Crippen molar-refractivity contribution in [2.75, 3.05) is 13.7 Å². The van der Waals surface area contributed by atoms with Crippen LogP contribution in [0.15, 0.2) is 40.9 Å². The number of methoxy groups -OCH3 is 1. The van der Waals surface area contributed by atoms with Gasteiger partial charge < -0.3 is 15.2 Å². The molecule has 1 atom stereocenters. The Hall–Kier alpha value is -1.59. The smallest absolute Gasteiger partial charge is 0.132 e. The number of halogens is 2. The minimum atomic E-state index is -0.569. The Morgan fingerprint density at radius 2 is 1.81 bits per heavy atom. The zero-order chi connectivity index (χ0) is 15.4. The number of ether oxygens (including phenoxy) is 2. The van der Waals surface area contributed by atoms with Gasteiger partial charge >= 0.3 is 0 Å². The fraction of sp³-hybridized carbons (Fsp3) is 0.250. The van der Waals surface area contributed by atoms with Crippen molar-refractivity contribution in [3.8, 4) is 11.5 Å². The highest BCUT2D eigenvalue weighted by molar-refractivity contribution is 9.10. The molecule has 2 aromatic rings. The predicted molar refractivity (Wildman–Crippen MR) is 84.3 cm³/mol. The van der Waals surface area contributed by atoms with Gasteiger partial charge in [-0.1, -0.05) is 28.1 Å². The molecule has 2 aromatic carbocycles. The average Bonchev–Trinajstić information content (AvgIpc) is 2.47. The summed E-state index contributed by atoms with van der Waals surface area (Å²) in [6.45, 7) is 2.51. The summed E-state index contributed by atoms with van der Waals surface area (Å²) in [6, 6.07) is 9.59. The lowest BCUT2D eigenvalue weighted by Gasteiger charge is -2.16. The first kappa shape index (κ1) is 15.8. The van der Waals surface area contributed by atoms with Crippen molar-refractivity contribution in [3.05, 3.63) is 57.8 Å². The summed E-state index contributed by atoms with van der Waals surface area (Å²) in [5, 5.41) is 0. The van der Waals surface area contributed by atoms with Crippen LogP contribution < -0.4 is 15.2 Å². The van der Waals surface area contributed by atoms with Crippen LogP contribution >= 0.6 is 15.9 Å². The maximum atomic E-state index is 14.1. The molecule has 5 heteroatoms. The van der Waals surface area contributed by atoms with Crippen molar-refractivity contribution in [3.63, 3.8) is 0 Å². The van der Waals surface area contributed by atoms with Gasteiger partial charge in [-0.3, -0.25) is 0 Å². The lowest BCUT2D eigenvalue weighted by molar-refractivity contribution is 0.340. The van der Waals surface area contributed by atoms with Gasteiger partial charge in [0, 0.05) is 16.1 Å². The molecule has 0 heterocycles. The molecule has 0 aliphatic rings. The van der Waals surface area contributed by atoms with Crippen LogP contribution in [0.5, 0.6) is 11.5 Å². The van der Waals surface area contributed by atoms with Crippen LogP contribution in [-0.4, -0.2) is 13.7 Å². The summed E-state index contributed by atoms with van der Waals surface area (Å²) >= 11 is 3.46. The van der Waals surface area contributed by atoms with E-state index in [1.807, 2.05) is 25.1 Å². The van der Waals surface area contributed by atoms with E-state index in [4.69, 9.17) is 15.2 Å². The van der Waals surface area contributed by atoms with Gasteiger partial charge in [-0.15, -0.1) is 0 Å². The Morgan fingerprint density at radius 1 is 1.14 bits per heavy atom. The fourth-order valence-electron chi connectivity index (χ4n) is 2.07. The van der Waals surface area contributed by atoms with Gasteiger partial charge in [-0.25, -0.2) is 4.39 Å². The van der Waals surface area contributed by atoms with Crippen LogP contribution in [0.1, 0.15) is 24.1 Å². The molecule has 0 bridgehead atoms. The summed E-state index contributed by atoms with van der Waals surface area (Å²) in [6.07, 6.45) is 0. The number of nitrogens with two attached hydrogens (primary N) is 1. The number of hydrogen-bond acceptors (Lipinski definition) is 3. The largest absolute Gasteiger partial charge is 0.497 e. The third-order valence-corrected chi connectivity index (χ3v) is 3.85. The van der Waals surface area contributed by atoms with Crippen molar-refractivity contribution in [1.82, 2.24) is 0 Å². The van der Waals surface area contributed by atoms with Crippen molar-refractivity contribution < 1.29 is 13.9 Å².